The number of methoxy groups -OCH3 is 1. The Morgan fingerprint density at radius 2 is 2.05 bits per heavy atom. The highest BCUT2D eigenvalue weighted by molar-refractivity contribution is 6.21. The van der Waals surface area contributed by atoms with E-state index in [9.17, 15) is 4.79 Å². The second kappa shape index (κ2) is 15.4. The van der Waals surface area contributed by atoms with Crippen LogP contribution in [0.3, 0.4) is 0 Å². The van der Waals surface area contributed by atoms with Gasteiger partial charge in [-0.3, -0.25) is 14.7 Å². The Hall–Kier alpha value is -2.56. The van der Waals surface area contributed by atoms with E-state index >= 15 is 0 Å². The number of hydrogen-bond donors (Lipinski definition) is 3. The summed E-state index contributed by atoms with van der Waals surface area (Å²) in [6.07, 6.45) is 14.8. The van der Waals surface area contributed by atoms with Gasteiger partial charge in [0.25, 0.3) is 5.91 Å². The van der Waals surface area contributed by atoms with Crippen molar-refractivity contribution in [3.05, 3.63) is 24.0 Å². The average Bonchev–Trinajstić information content (AvgIpc) is 3.29. The van der Waals surface area contributed by atoms with E-state index in [0.717, 1.165) is 45.3 Å². The van der Waals surface area contributed by atoms with Crippen molar-refractivity contribution in [2.45, 2.75) is 88.7 Å². The number of rotatable bonds is 15. The molecule has 11 heteroatoms. The van der Waals surface area contributed by atoms with Gasteiger partial charge in [-0.15, -0.1) is 11.6 Å². The number of likely N-dealkylation sites (tertiary alicyclic amines) is 1. The molecule has 4 N–H and O–H groups in total. The lowest BCUT2D eigenvalue weighted by Crippen LogP contribution is -2.42. The van der Waals surface area contributed by atoms with Crippen LogP contribution in [0.5, 0.6) is 5.75 Å². The van der Waals surface area contributed by atoms with Crippen molar-refractivity contribution in [1.29, 1.82) is 0 Å². The molecular weight excluding hydrogens is 530 g/mol. The fourth-order valence-electron chi connectivity index (χ4n) is 5.66. The van der Waals surface area contributed by atoms with Crippen LogP contribution in [0, 0.1) is 0 Å². The summed E-state index contributed by atoms with van der Waals surface area (Å²) in [7, 11) is 1.72. The van der Waals surface area contributed by atoms with Gasteiger partial charge >= 0.3 is 0 Å². The molecule has 0 radical (unpaired) electrons. The number of fused-ring (bicyclic) bond motifs is 1. The first-order valence-electron chi connectivity index (χ1n) is 14.9. The molecule has 2 aromatic rings. The first kappa shape index (κ1) is 30.4. The molecule has 0 aliphatic carbocycles. The van der Waals surface area contributed by atoms with E-state index in [1.165, 1.54) is 38.5 Å². The maximum absolute atomic E-state index is 13.5. The second-order valence-electron chi connectivity index (χ2n) is 10.9. The van der Waals surface area contributed by atoms with Gasteiger partial charge in [0.05, 0.1) is 24.2 Å². The summed E-state index contributed by atoms with van der Waals surface area (Å²) < 4.78 is 13.4. The van der Waals surface area contributed by atoms with Gasteiger partial charge in [-0.25, -0.2) is 4.68 Å². The number of aromatic nitrogens is 3. The standard InChI is InChI=1S/C29H46ClN7O3/c1-3-4-5-6-7-8-9-12-24-22(30)18-33-28-26(27(31)35-37(24)28)29(38)34-23-19-32-14-13-25(23)40-21-11-10-15-36(20-21)16-17-39-2/h13-14,19,21-22,24,33H,3-12,15-18,20H2,1-2H3,(H2,31,35)(H,34,38)/t21-,22?,24?/m0/s1. The van der Waals surface area contributed by atoms with E-state index in [1.54, 1.807) is 25.6 Å². The van der Waals surface area contributed by atoms with Crippen molar-refractivity contribution < 1.29 is 14.3 Å². The zero-order valence-electron chi connectivity index (χ0n) is 24.0. The zero-order valence-corrected chi connectivity index (χ0v) is 24.8. The maximum Gasteiger partial charge on any atom is 0.263 e. The number of carbonyl (C=O) groups is 1. The number of pyridine rings is 1. The fourth-order valence-corrected chi connectivity index (χ4v) is 5.97. The van der Waals surface area contributed by atoms with Crippen molar-refractivity contribution in [2.75, 3.05) is 56.3 Å². The summed E-state index contributed by atoms with van der Waals surface area (Å²) in [5.41, 5.74) is 7.14. The number of piperidine rings is 1. The number of nitrogens with one attached hydrogen (secondary N) is 2. The highest BCUT2D eigenvalue weighted by Crippen LogP contribution is 2.36. The molecular formula is C29H46ClN7O3. The Kier molecular flexibility index (Phi) is 11.7. The number of amides is 1. The van der Waals surface area contributed by atoms with E-state index in [4.69, 9.17) is 26.8 Å². The van der Waals surface area contributed by atoms with Crippen molar-refractivity contribution in [1.82, 2.24) is 19.7 Å². The predicted molar refractivity (Wildman–Crippen MR) is 161 cm³/mol. The van der Waals surface area contributed by atoms with Crippen LogP contribution < -0.4 is 21.1 Å². The molecule has 40 heavy (non-hydrogen) atoms. The third kappa shape index (κ3) is 8.01. The van der Waals surface area contributed by atoms with Crippen molar-refractivity contribution in [3.63, 3.8) is 0 Å². The number of carbonyl (C=O) groups excluding carboxylic acids is 1. The molecule has 0 saturated carbocycles. The van der Waals surface area contributed by atoms with Crippen LogP contribution in [0.2, 0.25) is 0 Å². The van der Waals surface area contributed by atoms with Crippen molar-refractivity contribution in [3.8, 4) is 5.75 Å². The number of nitrogen functional groups attached to an aromatic ring is 1. The largest absolute Gasteiger partial charge is 0.487 e. The summed E-state index contributed by atoms with van der Waals surface area (Å²) in [6.45, 7) is 6.20. The van der Waals surface area contributed by atoms with Crippen LogP contribution in [-0.2, 0) is 4.74 Å². The van der Waals surface area contributed by atoms with E-state index < -0.39 is 0 Å². The lowest BCUT2D eigenvalue weighted by molar-refractivity contribution is 0.0685. The van der Waals surface area contributed by atoms with E-state index in [1.807, 2.05) is 4.68 Å². The average molecular weight is 576 g/mol. The summed E-state index contributed by atoms with van der Waals surface area (Å²) in [4.78, 5) is 20.1. The van der Waals surface area contributed by atoms with Gasteiger partial charge in [0.15, 0.2) is 5.82 Å². The molecule has 3 atom stereocenters. The highest BCUT2D eigenvalue weighted by atomic mass is 35.5. The number of alkyl halides is 1. The zero-order chi connectivity index (χ0) is 28.3. The quantitative estimate of drug-likeness (QED) is 0.193. The maximum atomic E-state index is 13.5. The Bertz CT molecular complexity index is 1080. The minimum absolute atomic E-state index is 0.0120. The second-order valence-corrected chi connectivity index (χ2v) is 11.5. The first-order chi connectivity index (χ1) is 19.5. The molecule has 0 spiro atoms. The van der Waals surface area contributed by atoms with Crippen LogP contribution in [0.1, 0.15) is 87.5 Å². The molecule has 222 valence electrons. The minimum atomic E-state index is -0.350. The van der Waals surface area contributed by atoms with E-state index in [2.05, 4.69) is 32.5 Å². The van der Waals surface area contributed by atoms with Gasteiger partial charge < -0.3 is 25.8 Å². The van der Waals surface area contributed by atoms with Gasteiger partial charge in [-0.1, -0.05) is 51.9 Å². The number of nitrogens with two attached hydrogens (primary N) is 1. The smallest absolute Gasteiger partial charge is 0.263 e. The predicted octanol–water partition coefficient (Wildman–Crippen LogP) is 5.32. The van der Waals surface area contributed by atoms with Crippen LogP contribution in [-0.4, -0.2) is 76.9 Å². The lowest BCUT2D eigenvalue weighted by Gasteiger charge is -2.33. The molecule has 2 aliphatic rings. The third-order valence-corrected chi connectivity index (χ3v) is 8.31. The highest BCUT2D eigenvalue weighted by Gasteiger charge is 2.34. The van der Waals surface area contributed by atoms with Gasteiger partial charge in [0.2, 0.25) is 0 Å². The first-order valence-corrected chi connectivity index (χ1v) is 15.3. The van der Waals surface area contributed by atoms with Gasteiger partial charge in [-0.2, -0.15) is 5.10 Å². The number of ether oxygens (including phenoxy) is 2. The molecule has 2 unspecified atom stereocenters. The van der Waals surface area contributed by atoms with Crippen LogP contribution in [0.4, 0.5) is 17.3 Å². The Morgan fingerprint density at radius 3 is 2.85 bits per heavy atom. The summed E-state index contributed by atoms with van der Waals surface area (Å²) in [5.74, 6) is 1.04. The number of nitrogens with zero attached hydrogens (tertiary/aromatic N) is 4. The molecule has 2 aliphatic heterocycles. The minimum Gasteiger partial charge on any atom is -0.487 e. The fraction of sp³-hybridized carbons (Fsp3) is 0.690. The molecule has 2 aromatic heterocycles. The van der Waals surface area contributed by atoms with Crippen molar-refractivity contribution in [2.24, 2.45) is 0 Å². The number of unbranched alkanes of at least 4 members (excludes halogenated alkanes) is 6. The summed E-state index contributed by atoms with van der Waals surface area (Å²) in [6, 6.07) is 1.77. The molecule has 0 aromatic carbocycles. The van der Waals surface area contributed by atoms with Crippen molar-refractivity contribution >= 4 is 34.8 Å². The lowest BCUT2D eigenvalue weighted by atomic mass is 10.0. The number of anilines is 3. The van der Waals surface area contributed by atoms with Crippen LogP contribution >= 0.6 is 11.6 Å². The molecule has 4 rings (SSSR count). The molecule has 1 saturated heterocycles. The molecule has 1 amide bonds. The summed E-state index contributed by atoms with van der Waals surface area (Å²) >= 11 is 6.71. The normalized spacial score (nSPS) is 21.0. The molecule has 0 bridgehead atoms. The van der Waals surface area contributed by atoms with Gasteiger partial charge in [0.1, 0.15) is 28.9 Å². The Labute approximate surface area is 243 Å². The SMILES string of the molecule is CCCCCCCCCC1C(Cl)CNc2c(C(=O)Nc3cnccc3O[C@H]3CCCN(CCOC)C3)c(N)nn21. The molecule has 10 nitrogen and oxygen atoms in total. The van der Waals surface area contributed by atoms with Gasteiger partial charge in [0, 0.05) is 39.0 Å². The topological polar surface area (TPSA) is 120 Å². The Balaban J connectivity index is 1.40. The van der Waals surface area contributed by atoms with E-state index in [-0.39, 0.29) is 29.2 Å². The van der Waals surface area contributed by atoms with Crippen LogP contribution in [0.15, 0.2) is 18.5 Å². The van der Waals surface area contributed by atoms with Gasteiger partial charge in [-0.05, 0) is 25.8 Å². The molecule has 4 heterocycles. The third-order valence-electron chi connectivity index (χ3n) is 7.86. The molecule has 1 fully saturated rings. The monoisotopic (exact) mass is 575 g/mol. The van der Waals surface area contributed by atoms with E-state index in [0.29, 0.717) is 36.0 Å². The number of halogens is 1. The number of hydrogen-bond acceptors (Lipinski definition) is 8. The summed E-state index contributed by atoms with van der Waals surface area (Å²) in [5, 5.41) is 10.7. The Morgan fingerprint density at radius 1 is 1.25 bits per heavy atom. The van der Waals surface area contributed by atoms with Crippen LogP contribution in [0.25, 0.3) is 0 Å².